The molecule has 0 bridgehead atoms. The molecule has 8 aromatic rings. The number of nitrogens with zero attached hydrogens (tertiary/aromatic N) is 3. The van der Waals surface area contributed by atoms with Gasteiger partial charge in [-0.25, -0.2) is 0 Å². The number of aromatic nitrogens is 3. The van der Waals surface area contributed by atoms with E-state index < -0.39 is 13.3 Å². The zero-order valence-corrected chi connectivity index (χ0v) is 31.9. The largest absolute Gasteiger partial charge is 0 e. The van der Waals surface area contributed by atoms with E-state index in [0.717, 1.165) is 28.2 Å². The third-order valence-electron chi connectivity index (χ3n) is 8.28. The van der Waals surface area contributed by atoms with Gasteiger partial charge < -0.3 is 4.57 Å². The summed E-state index contributed by atoms with van der Waals surface area (Å²) in [5.74, 6) is 8.14. The van der Waals surface area contributed by atoms with Crippen LogP contribution in [0.5, 0.6) is 0 Å². The summed E-state index contributed by atoms with van der Waals surface area (Å²) < 4.78 is 6.37. The maximum Gasteiger partial charge on any atom is 0 e. The van der Waals surface area contributed by atoms with E-state index >= 15 is 0 Å². The van der Waals surface area contributed by atoms with Gasteiger partial charge in [0.15, 0.2) is 0 Å². The first-order valence-electron chi connectivity index (χ1n) is 15.5. The molecule has 6 heteroatoms. The average molecular weight is 855 g/mol. The number of hydrogen-bond donors (Lipinski definition) is 0. The van der Waals surface area contributed by atoms with Crippen LogP contribution in [-0.4, -0.2) is 27.8 Å². The Balaban J connectivity index is 0.000000187. The fourth-order valence-corrected chi connectivity index (χ4v) is 9.30. The smallest absolute Gasteiger partial charge is 0 e. The Morgan fingerprint density at radius 2 is 1.50 bits per heavy atom. The standard InChI is InChI=1S/C26H19N2S.C14H16GeN.Ir/c1-16(2)28-22-15-14-17-8-3-4-9-18(17)24(22)27-26(28)21-12-7-11-20-19-10-5-6-13-23(19)29-25(20)21;1-15(2,3)13-9-10-14(16-11-13)12-7-5-4-6-8-12;/h3-11,13-16H,1-2H3;4-7,9-11H,1-3H3;/q2*-1;. The topological polar surface area (TPSA) is 30.7 Å². The van der Waals surface area contributed by atoms with Gasteiger partial charge in [-0.1, -0.05) is 59.5 Å². The van der Waals surface area contributed by atoms with Gasteiger partial charge in [0.1, 0.15) is 0 Å². The van der Waals surface area contributed by atoms with Crippen molar-refractivity contribution >= 4 is 71.0 Å². The number of pyridine rings is 1. The van der Waals surface area contributed by atoms with E-state index in [2.05, 4.69) is 132 Å². The number of hydrogen-bond acceptors (Lipinski definition) is 3. The van der Waals surface area contributed by atoms with Gasteiger partial charge in [0.05, 0.1) is 16.9 Å². The van der Waals surface area contributed by atoms with Crippen molar-refractivity contribution in [2.45, 2.75) is 37.2 Å². The van der Waals surface area contributed by atoms with Crippen LogP contribution < -0.4 is 4.40 Å². The molecule has 5 aromatic carbocycles. The first kappa shape index (κ1) is 32.3. The van der Waals surface area contributed by atoms with E-state index in [1.165, 1.54) is 40.9 Å². The summed E-state index contributed by atoms with van der Waals surface area (Å²) in [6, 6.07) is 45.1. The second-order valence-electron chi connectivity index (χ2n) is 12.7. The molecule has 0 aliphatic rings. The molecular weight excluding hydrogens is 819 g/mol. The van der Waals surface area contributed by atoms with Crippen LogP contribution >= 0.6 is 11.3 Å². The Kier molecular flexibility index (Phi) is 9.31. The minimum atomic E-state index is -1.72. The van der Waals surface area contributed by atoms with Gasteiger partial charge in [0.25, 0.3) is 0 Å². The monoisotopic (exact) mass is 856 g/mol. The summed E-state index contributed by atoms with van der Waals surface area (Å²) >= 11 is 0.117. The molecule has 0 spiro atoms. The molecule has 0 amide bonds. The Hall–Kier alpha value is -3.61. The quantitative estimate of drug-likeness (QED) is 0.130. The van der Waals surface area contributed by atoms with Gasteiger partial charge in [-0.05, 0) is 41.5 Å². The van der Waals surface area contributed by atoms with Crippen molar-refractivity contribution in [1.82, 2.24) is 14.5 Å². The van der Waals surface area contributed by atoms with Crippen LogP contribution in [0, 0.1) is 12.1 Å². The predicted octanol–water partition coefficient (Wildman–Crippen LogP) is 10.7. The number of thiophene rings is 1. The zero-order chi connectivity index (χ0) is 31.1. The number of imidazole rings is 1. The molecule has 0 aliphatic carbocycles. The Bertz CT molecular complexity index is 2280. The van der Waals surface area contributed by atoms with Gasteiger partial charge in [-0.2, -0.15) is 11.3 Å². The molecule has 0 aliphatic heterocycles. The molecule has 0 fully saturated rings. The molecule has 3 nitrogen and oxygen atoms in total. The van der Waals surface area contributed by atoms with Crippen molar-refractivity contribution in [3.63, 3.8) is 0 Å². The number of rotatable bonds is 4. The first-order chi connectivity index (χ1) is 21.8. The third-order valence-corrected chi connectivity index (χ3v) is 13.7. The van der Waals surface area contributed by atoms with E-state index in [4.69, 9.17) is 4.98 Å². The fraction of sp³-hybridized carbons (Fsp3) is 0.150. The predicted molar refractivity (Wildman–Crippen MR) is 196 cm³/mol. The van der Waals surface area contributed by atoms with E-state index in [0.29, 0.717) is 6.04 Å². The summed E-state index contributed by atoms with van der Waals surface area (Å²) in [4.78, 5) is 9.72. The van der Waals surface area contributed by atoms with Crippen molar-refractivity contribution in [2.75, 3.05) is 0 Å². The first-order valence-corrected chi connectivity index (χ1v) is 23.6. The van der Waals surface area contributed by atoms with Crippen LogP contribution in [0.2, 0.25) is 17.3 Å². The third kappa shape index (κ3) is 6.10. The maximum absolute atomic E-state index is 5.19. The summed E-state index contributed by atoms with van der Waals surface area (Å²) in [5.41, 5.74) is 5.42. The van der Waals surface area contributed by atoms with E-state index in [1.807, 2.05) is 47.9 Å². The van der Waals surface area contributed by atoms with Gasteiger partial charge in [-0.3, -0.25) is 4.98 Å². The molecule has 231 valence electrons. The van der Waals surface area contributed by atoms with Crippen molar-refractivity contribution in [1.29, 1.82) is 0 Å². The van der Waals surface area contributed by atoms with Gasteiger partial charge in [-0.15, -0.1) is 18.2 Å². The van der Waals surface area contributed by atoms with E-state index in [1.54, 1.807) is 0 Å². The maximum atomic E-state index is 5.19. The minimum Gasteiger partial charge on any atom is 0 e. The SMILES string of the molecule is CC(C)n1c(-c2[c-]ccc3c2sc2ccccc23)nc2c3ccccc3ccc21.[CH3][Ge]([CH3])([CH3])[c]1ccc(-c2[c-]cccc2)nc1.[Ir]. The normalized spacial score (nSPS) is 11.6. The molecule has 0 saturated heterocycles. The van der Waals surface area contributed by atoms with Gasteiger partial charge >= 0.3 is 99.8 Å². The molecule has 3 heterocycles. The molecule has 0 N–H and O–H groups in total. The van der Waals surface area contributed by atoms with Crippen LogP contribution in [0.3, 0.4) is 0 Å². The van der Waals surface area contributed by atoms with Crippen molar-refractivity contribution < 1.29 is 20.1 Å². The summed E-state index contributed by atoms with van der Waals surface area (Å²) in [7, 11) is 0. The Labute approximate surface area is 291 Å². The van der Waals surface area contributed by atoms with Crippen molar-refractivity contribution in [2.24, 2.45) is 0 Å². The molecule has 46 heavy (non-hydrogen) atoms. The molecule has 0 atom stereocenters. The van der Waals surface area contributed by atoms with Crippen LogP contribution in [0.15, 0.2) is 115 Å². The second kappa shape index (κ2) is 13.2. The summed E-state index contributed by atoms with van der Waals surface area (Å²) in [6.07, 6.45) is 2.04. The van der Waals surface area contributed by atoms with Crippen molar-refractivity contribution in [3.05, 3.63) is 128 Å². The fourth-order valence-electron chi connectivity index (χ4n) is 5.93. The second-order valence-corrected chi connectivity index (χ2v) is 24.4. The number of fused-ring (bicyclic) bond motifs is 6. The molecule has 0 saturated carbocycles. The van der Waals surface area contributed by atoms with Crippen LogP contribution in [0.1, 0.15) is 19.9 Å². The van der Waals surface area contributed by atoms with Crippen LogP contribution in [0.4, 0.5) is 0 Å². The molecule has 3 aromatic heterocycles. The van der Waals surface area contributed by atoms with Gasteiger partial charge in [0.2, 0.25) is 0 Å². The van der Waals surface area contributed by atoms with Crippen molar-refractivity contribution in [3.8, 4) is 22.6 Å². The molecule has 1 radical (unpaired) electrons. The Morgan fingerprint density at radius 3 is 2.22 bits per heavy atom. The number of benzene rings is 5. The molecule has 0 unspecified atom stereocenters. The minimum absolute atomic E-state index is 0. The van der Waals surface area contributed by atoms with Gasteiger partial charge in [0, 0.05) is 36.2 Å². The van der Waals surface area contributed by atoms with Crippen LogP contribution in [-0.2, 0) is 20.1 Å². The van der Waals surface area contributed by atoms with E-state index in [9.17, 15) is 0 Å². The summed E-state index contributed by atoms with van der Waals surface area (Å²) in [6.45, 7) is 4.45. The molecule has 8 rings (SSSR count). The van der Waals surface area contributed by atoms with Crippen LogP contribution in [0.25, 0.3) is 64.6 Å². The average Bonchev–Trinajstić information content (AvgIpc) is 3.65. The Morgan fingerprint density at radius 1 is 0.739 bits per heavy atom. The summed E-state index contributed by atoms with van der Waals surface area (Å²) in [5, 5.41) is 5.02. The zero-order valence-electron chi connectivity index (χ0n) is 26.6. The molecular formula is C40H35GeIrN3S-2. The van der Waals surface area contributed by atoms with E-state index in [-0.39, 0.29) is 20.1 Å².